The molecular formula is C15H10BrN3. The first-order chi connectivity index (χ1) is 9.20. The minimum atomic E-state index is 0.487. The predicted octanol–water partition coefficient (Wildman–Crippen LogP) is 4.77. The summed E-state index contributed by atoms with van der Waals surface area (Å²) in [5, 5.41) is 9.00. The number of hydrogen-bond donors (Lipinski definition) is 0. The molecule has 0 fully saturated rings. The van der Waals surface area contributed by atoms with Gasteiger partial charge >= 0.3 is 0 Å². The van der Waals surface area contributed by atoms with Crippen molar-refractivity contribution in [1.29, 1.82) is 5.26 Å². The number of aliphatic imine (C=N–C) groups is 2. The summed E-state index contributed by atoms with van der Waals surface area (Å²) in [7, 11) is 0. The summed E-state index contributed by atoms with van der Waals surface area (Å²) in [6, 6.07) is 17.8. The van der Waals surface area contributed by atoms with E-state index in [1.165, 1.54) is 5.56 Å². The molecule has 0 aliphatic carbocycles. The summed E-state index contributed by atoms with van der Waals surface area (Å²) in [4.78, 5) is 8.22. The van der Waals surface area contributed by atoms with Gasteiger partial charge in [-0.25, -0.2) is 0 Å². The van der Waals surface area contributed by atoms with Gasteiger partial charge in [0.1, 0.15) is 17.8 Å². The minimum Gasteiger partial charge on any atom is -0.192 e. The van der Waals surface area contributed by atoms with Gasteiger partial charge in [-0.15, -0.1) is 0 Å². The first-order valence-corrected chi connectivity index (χ1v) is 6.42. The van der Waals surface area contributed by atoms with Crippen LogP contribution in [0.15, 0.2) is 56.9 Å². The van der Waals surface area contributed by atoms with Crippen LogP contribution in [-0.4, -0.2) is 6.01 Å². The molecule has 4 heteroatoms. The predicted molar refractivity (Wildman–Crippen MR) is 79.2 cm³/mol. The van der Waals surface area contributed by atoms with Gasteiger partial charge in [0.25, 0.3) is 0 Å². The molecule has 0 N–H and O–H groups in total. The molecule has 0 saturated heterocycles. The number of rotatable bonds is 2. The molecule has 0 spiro atoms. The third kappa shape index (κ3) is 3.38. The minimum absolute atomic E-state index is 0.487. The van der Waals surface area contributed by atoms with Crippen molar-refractivity contribution in [2.24, 2.45) is 9.98 Å². The maximum absolute atomic E-state index is 9.00. The van der Waals surface area contributed by atoms with Crippen molar-refractivity contribution in [3.05, 3.63) is 58.1 Å². The molecule has 0 radical (unpaired) electrons. The fraction of sp³-hybridized carbons (Fsp3) is 0.0667. The van der Waals surface area contributed by atoms with Gasteiger partial charge in [-0.3, -0.25) is 0 Å². The molecule has 2 rings (SSSR count). The molecule has 0 amide bonds. The van der Waals surface area contributed by atoms with Crippen molar-refractivity contribution in [2.75, 3.05) is 0 Å². The Kier molecular flexibility index (Phi) is 4.25. The Morgan fingerprint density at radius 2 is 1.79 bits per heavy atom. The van der Waals surface area contributed by atoms with Crippen LogP contribution < -0.4 is 0 Å². The Hall–Kier alpha value is -2.21. The third-order valence-electron chi connectivity index (χ3n) is 2.48. The highest BCUT2D eigenvalue weighted by molar-refractivity contribution is 9.10. The monoisotopic (exact) mass is 311 g/mol. The lowest BCUT2D eigenvalue weighted by molar-refractivity contribution is 1.41. The number of aryl methyl sites for hydroxylation is 1. The molecule has 3 nitrogen and oxygen atoms in total. The zero-order valence-electron chi connectivity index (χ0n) is 10.3. The van der Waals surface area contributed by atoms with Gasteiger partial charge < -0.3 is 0 Å². The Morgan fingerprint density at radius 1 is 1.05 bits per heavy atom. The first kappa shape index (κ1) is 13.2. The Morgan fingerprint density at radius 3 is 2.47 bits per heavy atom. The van der Waals surface area contributed by atoms with E-state index in [0.29, 0.717) is 11.3 Å². The van der Waals surface area contributed by atoms with Crippen molar-refractivity contribution < 1.29 is 0 Å². The third-order valence-corrected chi connectivity index (χ3v) is 3.12. The smallest absolute Gasteiger partial charge is 0.107 e. The van der Waals surface area contributed by atoms with Crippen molar-refractivity contribution in [1.82, 2.24) is 0 Å². The van der Waals surface area contributed by atoms with Gasteiger partial charge in [0.15, 0.2) is 0 Å². The van der Waals surface area contributed by atoms with Crippen LogP contribution in [-0.2, 0) is 0 Å². The summed E-state index contributed by atoms with van der Waals surface area (Å²) in [6.07, 6.45) is 0. The zero-order chi connectivity index (χ0) is 13.7. The molecule has 0 unspecified atom stereocenters. The molecule has 0 heterocycles. The highest BCUT2D eigenvalue weighted by Gasteiger charge is 2.03. The van der Waals surface area contributed by atoms with E-state index < -0.39 is 0 Å². The summed E-state index contributed by atoms with van der Waals surface area (Å²) in [6.45, 7) is 2.02. The van der Waals surface area contributed by atoms with Crippen LogP contribution in [0.25, 0.3) is 0 Å². The molecular weight excluding hydrogens is 302 g/mol. The topological polar surface area (TPSA) is 48.5 Å². The summed E-state index contributed by atoms with van der Waals surface area (Å²) in [5.41, 5.74) is 2.98. The number of benzene rings is 2. The van der Waals surface area contributed by atoms with Gasteiger partial charge in [0.05, 0.1) is 11.3 Å². The lowest BCUT2D eigenvalue weighted by atomic mass is 10.2. The molecule has 2 aromatic carbocycles. The zero-order valence-corrected chi connectivity index (χ0v) is 11.8. The van der Waals surface area contributed by atoms with Crippen molar-refractivity contribution >= 4 is 33.3 Å². The van der Waals surface area contributed by atoms with Crippen molar-refractivity contribution in [3.8, 4) is 6.07 Å². The van der Waals surface area contributed by atoms with Gasteiger partial charge in [0.2, 0.25) is 0 Å². The van der Waals surface area contributed by atoms with Crippen molar-refractivity contribution in [3.63, 3.8) is 0 Å². The molecule has 0 saturated carbocycles. The lowest BCUT2D eigenvalue weighted by Gasteiger charge is -1.97. The summed E-state index contributed by atoms with van der Waals surface area (Å²) >= 11 is 3.36. The molecule has 0 atom stereocenters. The second-order valence-electron chi connectivity index (χ2n) is 3.91. The van der Waals surface area contributed by atoms with E-state index in [1.807, 2.05) is 37.3 Å². The van der Waals surface area contributed by atoms with Gasteiger partial charge in [0, 0.05) is 4.47 Å². The number of nitrogens with zero attached hydrogens (tertiary/aromatic N) is 3. The van der Waals surface area contributed by atoms with Crippen LogP contribution in [0.1, 0.15) is 11.1 Å². The Bertz CT molecular complexity index is 690. The number of hydrogen-bond acceptors (Lipinski definition) is 3. The Labute approximate surface area is 120 Å². The molecule has 92 valence electrons. The van der Waals surface area contributed by atoms with E-state index in [1.54, 1.807) is 12.1 Å². The summed E-state index contributed by atoms with van der Waals surface area (Å²) in [5.74, 6) is 0. The van der Waals surface area contributed by atoms with Gasteiger partial charge in [-0.1, -0.05) is 23.8 Å². The second kappa shape index (κ2) is 6.10. The number of nitriles is 1. The first-order valence-electron chi connectivity index (χ1n) is 5.62. The van der Waals surface area contributed by atoms with E-state index in [0.717, 1.165) is 10.2 Å². The second-order valence-corrected chi connectivity index (χ2v) is 4.76. The maximum atomic E-state index is 9.00. The van der Waals surface area contributed by atoms with E-state index in [4.69, 9.17) is 5.26 Å². The van der Waals surface area contributed by atoms with Gasteiger partial charge in [-0.05, 0) is 47.1 Å². The van der Waals surface area contributed by atoms with E-state index in [9.17, 15) is 0 Å². The standard InChI is InChI=1S/C15H10BrN3/c1-11-5-7-13(8-6-11)18-10-19-15-12(9-17)3-2-4-14(15)16/h2-8H,1H3. The normalized spacial score (nSPS) is 9.32. The molecule has 2 aromatic rings. The number of halogens is 1. The van der Waals surface area contributed by atoms with Crippen LogP contribution in [0.2, 0.25) is 0 Å². The van der Waals surface area contributed by atoms with Crippen LogP contribution in [0.4, 0.5) is 11.4 Å². The van der Waals surface area contributed by atoms with Crippen LogP contribution in [0.5, 0.6) is 0 Å². The highest BCUT2D eigenvalue weighted by atomic mass is 79.9. The molecule has 0 aliphatic rings. The quantitative estimate of drug-likeness (QED) is 0.737. The molecule has 0 bridgehead atoms. The van der Waals surface area contributed by atoms with E-state index >= 15 is 0 Å². The molecule has 19 heavy (non-hydrogen) atoms. The average molecular weight is 312 g/mol. The lowest BCUT2D eigenvalue weighted by Crippen LogP contribution is -1.77. The van der Waals surface area contributed by atoms with Crippen molar-refractivity contribution in [2.45, 2.75) is 6.92 Å². The molecule has 0 aliphatic heterocycles. The van der Waals surface area contributed by atoms with Crippen LogP contribution >= 0.6 is 15.9 Å². The highest BCUT2D eigenvalue weighted by Crippen LogP contribution is 2.28. The largest absolute Gasteiger partial charge is 0.192 e. The molecule has 0 aromatic heterocycles. The fourth-order valence-electron chi connectivity index (χ4n) is 1.47. The van der Waals surface area contributed by atoms with Gasteiger partial charge in [-0.2, -0.15) is 15.2 Å². The average Bonchev–Trinajstić information content (AvgIpc) is 2.42. The Balaban J connectivity index is 2.33. The van der Waals surface area contributed by atoms with Crippen LogP contribution in [0, 0.1) is 18.3 Å². The van der Waals surface area contributed by atoms with Crippen LogP contribution in [0.3, 0.4) is 0 Å². The van der Waals surface area contributed by atoms with E-state index in [2.05, 4.69) is 38.0 Å². The summed E-state index contributed by atoms with van der Waals surface area (Å²) < 4.78 is 0.748. The maximum Gasteiger partial charge on any atom is 0.107 e. The fourth-order valence-corrected chi connectivity index (χ4v) is 1.93. The van der Waals surface area contributed by atoms with E-state index in [-0.39, 0.29) is 0 Å². The SMILES string of the molecule is Cc1ccc(N=C=Nc2c(Br)cccc2C#N)cc1. The number of para-hydroxylation sites is 1.